The minimum absolute atomic E-state index is 0.0818. The van der Waals surface area contributed by atoms with Gasteiger partial charge in [0.25, 0.3) is 5.69 Å². The molecule has 1 aromatic heterocycles. The maximum absolute atomic E-state index is 10.7. The third-order valence-electron chi connectivity index (χ3n) is 3.39. The fraction of sp³-hybridized carbons (Fsp3) is 0.615. The molecule has 0 saturated carbocycles. The van der Waals surface area contributed by atoms with E-state index >= 15 is 0 Å². The van der Waals surface area contributed by atoms with Crippen LogP contribution in [0.5, 0.6) is 0 Å². The molecular weight excluding hydrogens is 282 g/mol. The van der Waals surface area contributed by atoms with Crippen molar-refractivity contribution in [2.45, 2.75) is 19.8 Å². The summed E-state index contributed by atoms with van der Waals surface area (Å²) in [6.45, 7) is 5.12. The first-order valence-corrected chi connectivity index (χ1v) is 7.12. The van der Waals surface area contributed by atoms with E-state index < -0.39 is 4.92 Å². The van der Waals surface area contributed by atoms with E-state index in [4.69, 9.17) is 16.3 Å². The summed E-state index contributed by atoms with van der Waals surface area (Å²) in [6, 6.07) is 1.36. The molecule has 2 rings (SSSR count). The molecule has 0 aliphatic carbocycles. The molecule has 1 aliphatic heterocycles. The lowest BCUT2D eigenvalue weighted by Gasteiger charge is -2.33. The molecule has 1 fully saturated rings. The van der Waals surface area contributed by atoms with Crippen LogP contribution in [-0.2, 0) is 4.74 Å². The SMILES string of the molecule is CCOCC1CCCN(c2ncc([N+](=O)[O-])cc2Cl)C1. The monoisotopic (exact) mass is 299 g/mol. The van der Waals surface area contributed by atoms with Gasteiger partial charge in [0.2, 0.25) is 0 Å². The molecule has 0 spiro atoms. The summed E-state index contributed by atoms with van der Waals surface area (Å²) in [4.78, 5) is 16.4. The highest BCUT2D eigenvalue weighted by atomic mass is 35.5. The first kappa shape index (κ1) is 15.0. The number of nitro groups is 1. The van der Waals surface area contributed by atoms with Gasteiger partial charge in [-0.25, -0.2) is 4.98 Å². The molecule has 6 nitrogen and oxygen atoms in total. The molecule has 1 unspecified atom stereocenters. The van der Waals surface area contributed by atoms with Crippen LogP contribution >= 0.6 is 11.6 Å². The Morgan fingerprint density at radius 2 is 2.45 bits per heavy atom. The van der Waals surface area contributed by atoms with Gasteiger partial charge in [-0.05, 0) is 25.7 Å². The van der Waals surface area contributed by atoms with Crippen molar-refractivity contribution in [3.8, 4) is 0 Å². The summed E-state index contributed by atoms with van der Waals surface area (Å²) in [7, 11) is 0. The number of piperidine rings is 1. The second-order valence-corrected chi connectivity index (χ2v) is 5.28. The predicted molar refractivity (Wildman–Crippen MR) is 77.3 cm³/mol. The minimum atomic E-state index is -0.489. The molecule has 0 bridgehead atoms. The molecule has 1 aromatic rings. The van der Waals surface area contributed by atoms with E-state index in [2.05, 4.69) is 9.88 Å². The second kappa shape index (κ2) is 6.85. The van der Waals surface area contributed by atoms with Gasteiger partial charge in [0.05, 0.1) is 16.6 Å². The Morgan fingerprint density at radius 1 is 1.65 bits per heavy atom. The van der Waals surface area contributed by atoms with Gasteiger partial charge >= 0.3 is 0 Å². The van der Waals surface area contributed by atoms with Crippen LogP contribution in [0.25, 0.3) is 0 Å². The van der Waals surface area contributed by atoms with Crippen LogP contribution in [0.3, 0.4) is 0 Å². The summed E-state index contributed by atoms with van der Waals surface area (Å²) < 4.78 is 5.47. The van der Waals surface area contributed by atoms with Crippen molar-refractivity contribution in [3.63, 3.8) is 0 Å². The molecular formula is C13H18ClN3O3. The molecule has 1 saturated heterocycles. The Hall–Kier alpha value is -1.40. The predicted octanol–water partition coefficient (Wildman–Crippen LogP) is 2.90. The van der Waals surface area contributed by atoms with Crippen LogP contribution in [0.15, 0.2) is 12.3 Å². The van der Waals surface area contributed by atoms with Gasteiger partial charge in [0, 0.05) is 25.8 Å². The molecule has 0 aromatic carbocycles. The third-order valence-corrected chi connectivity index (χ3v) is 3.67. The Labute approximate surface area is 122 Å². The average molecular weight is 300 g/mol. The van der Waals surface area contributed by atoms with Crippen LogP contribution in [0.4, 0.5) is 11.5 Å². The van der Waals surface area contributed by atoms with Gasteiger partial charge in [-0.2, -0.15) is 0 Å². The molecule has 0 radical (unpaired) electrons. The largest absolute Gasteiger partial charge is 0.381 e. The fourth-order valence-electron chi connectivity index (χ4n) is 2.43. The molecule has 1 atom stereocenters. The summed E-state index contributed by atoms with van der Waals surface area (Å²) in [5.74, 6) is 1.08. The van der Waals surface area contributed by atoms with Crippen molar-refractivity contribution < 1.29 is 9.66 Å². The number of nitrogens with zero attached hydrogens (tertiary/aromatic N) is 3. The minimum Gasteiger partial charge on any atom is -0.381 e. The van der Waals surface area contributed by atoms with E-state index in [0.29, 0.717) is 23.4 Å². The molecule has 7 heteroatoms. The number of pyridine rings is 1. The fourth-order valence-corrected chi connectivity index (χ4v) is 2.71. The highest BCUT2D eigenvalue weighted by Gasteiger charge is 2.23. The van der Waals surface area contributed by atoms with Crippen molar-refractivity contribution in [1.29, 1.82) is 0 Å². The number of ether oxygens (including phenoxy) is 1. The van der Waals surface area contributed by atoms with Gasteiger partial charge in [0.15, 0.2) is 0 Å². The van der Waals surface area contributed by atoms with Crippen molar-refractivity contribution in [3.05, 3.63) is 27.4 Å². The lowest BCUT2D eigenvalue weighted by atomic mass is 9.99. The number of hydrogen-bond donors (Lipinski definition) is 0. The van der Waals surface area contributed by atoms with Crippen molar-refractivity contribution in [1.82, 2.24) is 4.98 Å². The number of hydrogen-bond acceptors (Lipinski definition) is 5. The van der Waals surface area contributed by atoms with E-state index in [1.807, 2.05) is 6.92 Å². The average Bonchev–Trinajstić information content (AvgIpc) is 2.45. The van der Waals surface area contributed by atoms with E-state index in [9.17, 15) is 10.1 Å². The third kappa shape index (κ3) is 3.58. The van der Waals surface area contributed by atoms with Crippen LogP contribution in [-0.4, -0.2) is 36.2 Å². The molecule has 110 valence electrons. The van der Waals surface area contributed by atoms with E-state index in [1.54, 1.807) is 0 Å². The number of anilines is 1. The highest BCUT2D eigenvalue weighted by Crippen LogP contribution is 2.30. The quantitative estimate of drug-likeness (QED) is 0.617. The topological polar surface area (TPSA) is 68.5 Å². The Bertz CT molecular complexity index is 484. The van der Waals surface area contributed by atoms with E-state index in [1.165, 1.54) is 12.3 Å². The first-order valence-electron chi connectivity index (χ1n) is 6.74. The summed E-state index contributed by atoms with van der Waals surface area (Å²) >= 11 is 6.12. The molecule has 20 heavy (non-hydrogen) atoms. The lowest BCUT2D eigenvalue weighted by molar-refractivity contribution is -0.385. The van der Waals surface area contributed by atoms with Crippen LogP contribution in [0.2, 0.25) is 5.02 Å². The van der Waals surface area contributed by atoms with E-state index in [-0.39, 0.29) is 5.69 Å². The Balaban J connectivity index is 2.08. The molecule has 0 amide bonds. The molecule has 0 N–H and O–H groups in total. The van der Waals surface area contributed by atoms with Gasteiger partial charge < -0.3 is 9.64 Å². The van der Waals surface area contributed by atoms with Gasteiger partial charge in [0.1, 0.15) is 12.0 Å². The van der Waals surface area contributed by atoms with Gasteiger partial charge in [-0.15, -0.1) is 0 Å². The van der Waals surface area contributed by atoms with E-state index in [0.717, 1.165) is 32.5 Å². The second-order valence-electron chi connectivity index (χ2n) is 4.87. The van der Waals surface area contributed by atoms with Crippen molar-refractivity contribution in [2.24, 2.45) is 5.92 Å². The molecule has 1 aliphatic rings. The lowest BCUT2D eigenvalue weighted by Crippen LogP contribution is -2.37. The maximum Gasteiger partial charge on any atom is 0.289 e. The smallest absolute Gasteiger partial charge is 0.289 e. The van der Waals surface area contributed by atoms with Crippen molar-refractivity contribution >= 4 is 23.1 Å². The van der Waals surface area contributed by atoms with Gasteiger partial charge in [-0.1, -0.05) is 11.6 Å². The standard InChI is InChI=1S/C13H18ClN3O3/c1-2-20-9-10-4-3-5-16(8-10)13-12(14)6-11(7-15-13)17(18)19/h6-7,10H,2-5,8-9H2,1H3. The van der Waals surface area contributed by atoms with Crippen LogP contribution < -0.4 is 4.90 Å². The zero-order valence-corrected chi connectivity index (χ0v) is 12.2. The first-order chi connectivity index (χ1) is 9.61. The maximum atomic E-state index is 10.7. The molecule has 2 heterocycles. The normalized spacial score (nSPS) is 19.1. The number of aromatic nitrogens is 1. The Kier molecular flexibility index (Phi) is 5.14. The number of rotatable bonds is 5. The van der Waals surface area contributed by atoms with Crippen molar-refractivity contribution in [2.75, 3.05) is 31.2 Å². The van der Waals surface area contributed by atoms with Crippen LogP contribution in [0.1, 0.15) is 19.8 Å². The summed E-state index contributed by atoms with van der Waals surface area (Å²) in [5.41, 5.74) is -0.0818. The zero-order valence-electron chi connectivity index (χ0n) is 11.4. The highest BCUT2D eigenvalue weighted by molar-refractivity contribution is 6.33. The zero-order chi connectivity index (χ0) is 14.5. The van der Waals surface area contributed by atoms with Gasteiger partial charge in [-0.3, -0.25) is 10.1 Å². The number of halogens is 1. The summed E-state index contributed by atoms with van der Waals surface area (Å²) in [5, 5.41) is 11.0. The summed E-state index contributed by atoms with van der Waals surface area (Å²) in [6.07, 6.45) is 3.43. The van der Waals surface area contributed by atoms with Crippen LogP contribution in [0, 0.1) is 16.0 Å². The Morgan fingerprint density at radius 3 is 3.10 bits per heavy atom.